The summed E-state index contributed by atoms with van der Waals surface area (Å²) in [6.07, 6.45) is 3.04. The van der Waals surface area contributed by atoms with Crippen LogP contribution < -0.4 is 4.90 Å². The van der Waals surface area contributed by atoms with E-state index in [2.05, 4.69) is 36.2 Å². The van der Waals surface area contributed by atoms with Crippen LogP contribution in [0.5, 0.6) is 0 Å². The zero-order valence-electron chi connectivity index (χ0n) is 14.0. The molecule has 0 radical (unpaired) electrons. The third-order valence-electron chi connectivity index (χ3n) is 5.22. The van der Waals surface area contributed by atoms with Crippen molar-refractivity contribution >= 4 is 11.4 Å². The molecule has 0 N–H and O–H groups in total. The van der Waals surface area contributed by atoms with Crippen molar-refractivity contribution < 1.29 is 4.39 Å². The van der Waals surface area contributed by atoms with Crippen molar-refractivity contribution in [1.82, 2.24) is 4.57 Å². The molecule has 0 spiro atoms. The van der Waals surface area contributed by atoms with E-state index >= 15 is 0 Å². The number of aromatic nitrogens is 1. The lowest BCUT2D eigenvalue weighted by molar-refractivity contribution is 0.609. The first-order valence-corrected chi connectivity index (χ1v) is 8.57. The Morgan fingerprint density at radius 1 is 1.04 bits per heavy atom. The van der Waals surface area contributed by atoms with Crippen molar-refractivity contribution in [2.75, 3.05) is 18.5 Å². The monoisotopic (exact) mass is 331 g/mol. The summed E-state index contributed by atoms with van der Waals surface area (Å²) in [6.45, 7) is 1.41. The van der Waals surface area contributed by atoms with Crippen molar-refractivity contribution in [3.8, 4) is 5.69 Å². The van der Waals surface area contributed by atoms with Crippen LogP contribution in [0.4, 0.5) is 10.1 Å². The summed E-state index contributed by atoms with van der Waals surface area (Å²) in [7, 11) is 2.12. The number of likely N-dealkylation sites (N-methyl/N-ethyl adjacent to an activating group) is 1. The lowest BCUT2D eigenvalue weighted by Gasteiger charge is -2.14. The fourth-order valence-electron chi connectivity index (χ4n) is 3.91. The molecule has 5 rings (SSSR count). The zero-order chi connectivity index (χ0) is 17.0. The van der Waals surface area contributed by atoms with Gasteiger partial charge in [-0.05, 0) is 48.4 Å². The minimum absolute atomic E-state index is 0.197. The maximum absolute atomic E-state index is 14.3. The Kier molecular flexibility index (Phi) is 3.07. The first-order valence-electron chi connectivity index (χ1n) is 8.57. The molecular weight excluding hydrogens is 313 g/mol. The van der Waals surface area contributed by atoms with Gasteiger partial charge >= 0.3 is 0 Å². The minimum Gasteiger partial charge on any atom is -0.374 e. The Bertz CT molecular complexity index is 1020. The van der Waals surface area contributed by atoms with Crippen LogP contribution in [0.25, 0.3) is 5.69 Å². The van der Waals surface area contributed by atoms with Crippen LogP contribution in [0.15, 0.2) is 59.7 Å². The van der Waals surface area contributed by atoms with E-state index in [1.54, 1.807) is 6.07 Å². The quantitative estimate of drug-likeness (QED) is 0.661. The van der Waals surface area contributed by atoms with Crippen molar-refractivity contribution in [2.24, 2.45) is 4.99 Å². The molecule has 4 heteroatoms. The zero-order valence-corrected chi connectivity index (χ0v) is 14.0. The lowest BCUT2D eigenvalue weighted by atomic mass is 10.0. The molecule has 0 aliphatic carbocycles. The molecule has 2 aliphatic heterocycles. The summed E-state index contributed by atoms with van der Waals surface area (Å²) < 4.78 is 16.4. The number of halogens is 1. The van der Waals surface area contributed by atoms with Crippen molar-refractivity contribution in [1.29, 1.82) is 0 Å². The summed E-state index contributed by atoms with van der Waals surface area (Å²) >= 11 is 0. The summed E-state index contributed by atoms with van der Waals surface area (Å²) in [6, 6.07) is 15.8. The van der Waals surface area contributed by atoms with Gasteiger partial charge in [0, 0.05) is 36.6 Å². The number of nitrogens with zero attached hydrogens (tertiary/aromatic N) is 3. The van der Waals surface area contributed by atoms with Crippen LogP contribution in [0.2, 0.25) is 0 Å². The molecule has 3 nitrogen and oxygen atoms in total. The van der Waals surface area contributed by atoms with Gasteiger partial charge < -0.3 is 9.47 Å². The number of anilines is 1. The molecule has 124 valence electrons. The second-order valence-corrected chi connectivity index (χ2v) is 6.68. The standard InChI is InChI=1S/C21H18FN3/c1-24-11-9-14-12-15(7-8-18(14)24)21-20-6-3-10-25(20)19-5-2-4-17(22)16(19)13-23-21/h2-8,10,12H,9,11,13H2,1H3. The second kappa shape index (κ2) is 5.31. The van der Waals surface area contributed by atoms with Crippen LogP contribution in [0, 0.1) is 5.82 Å². The number of hydrogen-bond donors (Lipinski definition) is 0. The highest BCUT2D eigenvalue weighted by atomic mass is 19.1. The first-order chi connectivity index (χ1) is 12.2. The molecule has 2 aromatic carbocycles. The molecule has 0 amide bonds. The van der Waals surface area contributed by atoms with Gasteiger partial charge in [-0.25, -0.2) is 4.39 Å². The number of rotatable bonds is 1. The van der Waals surface area contributed by atoms with E-state index in [9.17, 15) is 4.39 Å². The molecule has 0 fully saturated rings. The van der Waals surface area contributed by atoms with Gasteiger partial charge in [-0.2, -0.15) is 0 Å². The third-order valence-corrected chi connectivity index (χ3v) is 5.22. The number of hydrogen-bond acceptors (Lipinski definition) is 2. The predicted octanol–water partition coefficient (Wildman–Crippen LogP) is 3.96. The van der Waals surface area contributed by atoms with Gasteiger partial charge in [-0.3, -0.25) is 4.99 Å². The van der Waals surface area contributed by atoms with E-state index in [4.69, 9.17) is 4.99 Å². The molecule has 0 unspecified atom stereocenters. The summed E-state index contributed by atoms with van der Waals surface area (Å²) in [4.78, 5) is 7.08. The van der Waals surface area contributed by atoms with E-state index in [-0.39, 0.29) is 5.82 Å². The SMILES string of the molecule is CN1CCc2cc(C3=NCc4c(F)cccc4-n4cccc43)ccc21. The maximum Gasteiger partial charge on any atom is 0.130 e. The van der Waals surface area contributed by atoms with Gasteiger partial charge in [0.2, 0.25) is 0 Å². The van der Waals surface area contributed by atoms with Gasteiger partial charge in [0.15, 0.2) is 0 Å². The number of aliphatic imine (C=N–C) groups is 1. The fourth-order valence-corrected chi connectivity index (χ4v) is 3.91. The Labute approximate surface area is 146 Å². The normalized spacial score (nSPS) is 15.3. The minimum atomic E-state index is -0.197. The van der Waals surface area contributed by atoms with Crippen LogP contribution in [-0.4, -0.2) is 23.9 Å². The number of benzene rings is 2. The molecule has 2 aliphatic rings. The van der Waals surface area contributed by atoms with E-state index in [0.29, 0.717) is 12.1 Å². The van der Waals surface area contributed by atoms with E-state index in [1.807, 2.05) is 22.9 Å². The summed E-state index contributed by atoms with van der Waals surface area (Å²) in [5.74, 6) is -0.197. The van der Waals surface area contributed by atoms with Crippen LogP contribution in [-0.2, 0) is 13.0 Å². The maximum atomic E-state index is 14.3. The highest BCUT2D eigenvalue weighted by Crippen LogP contribution is 2.31. The van der Waals surface area contributed by atoms with Gasteiger partial charge in [-0.1, -0.05) is 12.1 Å². The molecule has 0 saturated carbocycles. The molecule has 1 aromatic heterocycles. The van der Waals surface area contributed by atoms with E-state index in [1.165, 1.54) is 17.3 Å². The largest absolute Gasteiger partial charge is 0.374 e. The Hall–Kier alpha value is -2.88. The number of fused-ring (bicyclic) bond motifs is 4. The third kappa shape index (κ3) is 2.14. The van der Waals surface area contributed by atoms with Gasteiger partial charge in [0.25, 0.3) is 0 Å². The Morgan fingerprint density at radius 2 is 1.96 bits per heavy atom. The Morgan fingerprint density at radius 3 is 2.88 bits per heavy atom. The molecular formula is C21H18FN3. The second-order valence-electron chi connectivity index (χ2n) is 6.68. The molecule has 0 atom stereocenters. The first kappa shape index (κ1) is 14.5. The van der Waals surface area contributed by atoms with Crippen molar-refractivity contribution in [2.45, 2.75) is 13.0 Å². The lowest BCUT2D eigenvalue weighted by Crippen LogP contribution is -2.12. The smallest absolute Gasteiger partial charge is 0.130 e. The topological polar surface area (TPSA) is 20.5 Å². The van der Waals surface area contributed by atoms with Gasteiger partial charge in [0.05, 0.1) is 23.6 Å². The van der Waals surface area contributed by atoms with Gasteiger partial charge in [0.1, 0.15) is 5.82 Å². The van der Waals surface area contributed by atoms with E-state index < -0.39 is 0 Å². The molecule has 0 saturated heterocycles. The fraction of sp³-hybridized carbons (Fsp3) is 0.190. The Balaban J connectivity index is 1.68. The van der Waals surface area contributed by atoms with Gasteiger partial charge in [-0.15, -0.1) is 0 Å². The highest BCUT2D eigenvalue weighted by Gasteiger charge is 2.22. The average Bonchev–Trinajstić information content (AvgIpc) is 3.20. The van der Waals surface area contributed by atoms with Crippen LogP contribution >= 0.6 is 0 Å². The predicted molar refractivity (Wildman–Crippen MR) is 98.5 cm³/mol. The molecule has 3 heterocycles. The van der Waals surface area contributed by atoms with Crippen molar-refractivity contribution in [3.05, 3.63) is 82.9 Å². The van der Waals surface area contributed by atoms with Crippen LogP contribution in [0.3, 0.4) is 0 Å². The van der Waals surface area contributed by atoms with Crippen LogP contribution in [0.1, 0.15) is 22.4 Å². The molecule has 3 aromatic rings. The van der Waals surface area contributed by atoms with Crippen molar-refractivity contribution in [3.63, 3.8) is 0 Å². The summed E-state index contributed by atoms with van der Waals surface area (Å²) in [5.41, 5.74) is 7.21. The molecule has 25 heavy (non-hydrogen) atoms. The van der Waals surface area contributed by atoms with E-state index in [0.717, 1.165) is 35.6 Å². The highest BCUT2D eigenvalue weighted by molar-refractivity contribution is 6.13. The summed E-state index contributed by atoms with van der Waals surface area (Å²) in [5, 5.41) is 0. The average molecular weight is 331 g/mol. The molecule has 0 bridgehead atoms.